The van der Waals surface area contributed by atoms with Crippen LogP contribution < -0.4 is 20.7 Å². The van der Waals surface area contributed by atoms with Gasteiger partial charge in [0.1, 0.15) is 18.1 Å². The second kappa shape index (κ2) is 11.0. The molecule has 2 aliphatic rings. The molecule has 2 saturated heterocycles. The Bertz CT molecular complexity index is 960. The van der Waals surface area contributed by atoms with Crippen molar-refractivity contribution in [3.8, 4) is 5.88 Å². The molecule has 2 aromatic rings. The molecule has 3 N–H and O–H groups in total. The van der Waals surface area contributed by atoms with Gasteiger partial charge in [0, 0.05) is 45.0 Å². The molecule has 2 aliphatic heterocycles. The Morgan fingerprint density at radius 1 is 1.06 bits per heavy atom. The van der Waals surface area contributed by atoms with Gasteiger partial charge in [-0.2, -0.15) is 4.98 Å². The van der Waals surface area contributed by atoms with Gasteiger partial charge in [-0.1, -0.05) is 0 Å². The Morgan fingerprint density at radius 2 is 1.79 bits per heavy atom. The summed E-state index contributed by atoms with van der Waals surface area (Å²) >= 11 is 0. The second-order valence-corrected chi connectivity index (χ2v) is 7.54. The van der Waals surface area contributed by atoms with Crippen LogP contribution in [0.1, 0.15) is 20.8 Å². The fourth-order valence-corrected chi connectivity index (χ4v) is 3.41. The van der Waals surface area contributed by atoms with Crippen molar-refractivity contribution >= 4 is 23.6 Å². The first-order chi connectivity index (χ1) is 16.1. The predicted octanol–water partition coefficient (Wildman–Crippen LogP) is -0.230. The Labute approximate surface area is 191 Å². The van der Waals surface area contributed by atoms with E-state index in [4.69, 9.17) is 19.9 Å². The van der Waals surface area contributed by atoms with Crippen molar-refractivity contribution in [3.05, 3.63) is 35.7 Å². The van der Waals surface area contributed by atoms with Crippen LogP contribution in [0, 0.1) is 0 Å². The van der Waals surface area contributed by atoms with E-state index in [1.165, 1.54) is 24.4 Å². The lowest BCUT2D eigenvalue weighted by Crippen LogP contribution is -2.39. The van der Waals surface area contributed by atoms with E-state index in [1.54, 1.807) is 0 Å². The zero-order chi connectivity index (χ0) is 23.0. The van der Waals surface area contributed by atoms with E-state index in [1.807, 2.05) is 4.90 Å². The van der Waals surface area contributed by atoms with Crippen molar-refractivity contribution in [2.75, 3.05) is 76.0 Å². The van der Waals surface area contributed by atoms with Crippen LogP contribution in [0.3, 0.4) is 0 Å². The highest BCUT2D eigenvalue weighted by Crippen LogP contribution is 2.18. The first kappa shape index (κ1) is 22.8. The number of nitrogens with one attached hydrogen (secondary N) is 1. The van der Waals surface area contributed by atoms with E-state index in [0.717, 1.165) is 19.6 Å². The molecule has 0 saturated carbocycles. The average Bonchev–Trinajstić information content (AvgIpc) is 2.85. The summed E-state index contributed by atoms with van der Waals surface area (Å²) in [6, 6.07) is 4.50. The summed E-state index contributed by atoms with van der Waals surface area (Å²) in [6.45, 7) is 6.67. The van der Waals surface area contributed by atoms with Crippen molar-refractivity contribution in [2.24, 2.45) is 5.73 Å². The van der Waals surface area contributed by atoms with E-state index >= 15 is 0 Å². The highest BCUT2D eigenvalue weighted by molar-refractivity contribution is 6.03. The second-order valence-electron chi connectivity index (χ2n) is 7.54. The monoisotopic (exact) mass is 457 g/mol. The molecule has 12 nitrogen and oxygen atoms in total. The molecule has 4 heterocycles. The van der Waals surface area contributed by atoms with Crippen molar-refractivity contribution in [1.29, 1.82) is 0 Å². The van der Waals surface area contributed by atoms with Crippen LogP contribution in [0.15, 0.2) is 24.4 Å². The van der Waals surface area contributed by atoms with Crippen LogP contribution in [-0.4, -0.2) is 97.4 Å². The van der Waals surface area contributed by atoms with Gasteiger partial charge in [-0.25, -0.2) is 9.97 Å². The number of primary amides is 1. The molecule has 0 aliphatic carbocycles. The van der Waals surface area contributed by atoms with Gasteiger partial charge in [-0.15, -0.1) is 0 Å². The van der Waals surface area contributed by atoms with Gasteiger partial charge in [0.2, 0.25) is 17.7 Å². The molecule has 4 rings (SSSR count). The molecule has 0 bridgehead atoms. The predicted molar refractivity (Wildman–Crippen MR) is 119 cm³/mol. The molecule has 0 radical (unpaired) electrons. The summed E-state index contributed by atoms with van der Waals surface area (Å²) in [4.78, 5) is 41.3. The zero-order valence-corrected chi connectivity index (χ0v) is 18.2. The summed E-state index contributed by atoms with van der Waals surface area (Å²) in [6.07, 6.45) is 1.30. The number of aromatic nitrogens is 3. The SMILES string of the molecule is NC(=O)c1ccc(NC(=O)c2cc(OCCN3CCOCC3)nc(N3CCOCC3)n2)nc1. The number of amides is 2. The molecule has 0 atom stereocenters. The molecule has 2 fully saturated rings. The van der Waals surface area contributed by atoms with Gasteiger partial charge >= 0.3 is 0 Å². The minimum atomic E-state index is -0.592. The fraction of sp³-hybridized carbons (Fsp3) is 0.476. The minimum absolute atomic E-state index is 0.147. The standard InChI is InChI=1S/C21H27N7O5/c22-19(29)15-1-2-17(23-14-15)25-20(30)16-13-18(33-12-5-27-3-8-31-9-4-27)26-21(24-16)28-6-10-32-11-7-28/h1-2,13-14H,3-12H2,(H2,22,29)(H,23,25,30). The summed E-state index contributed by atoms with van der Waals surface area (Å²) in [5, 5.41) is 2.68. The maximum absolute atomic E-state index is 12.9. The summed E-state index contributed by atoms with van der Waals surface area (Å²) in [7, 11) is 0. The van der Waals surface area contributed by atoms with Gasteiger partial charge in [0.25, 0.3) is 5.91 Å². The zero-order valence-electron chi connectivity index (χ0n) is 18.2. The number of ether oxygens (including phenoxy) is 3. The molecular formula is C21H27N7O5. The topological polar surface area (TPSA) is 145 Å². The molecule has 0 spiro atoms. The number of nitrogens with two attached hydrogens (primary N) is 1. The maximum atomic E-state index is 12.9. The largest absolute Gasteiger partial charge is 0.476 e. The number of nitrogens with zero attached hydrogens (tertiary/aromatic N) is 5. The van der Waals surface area contributed by atoms with E-state index in [0.29, 0.717) is 58.0 Å². The van der Waals surface area contributed by atoms with E-state index < -0.39 is 11.8 Å². The lowest BCUT2D eigenvalue weighted by molar-refractivity contribution is 0.0320. The molecule has 0 aromatic carbocycles. The third kappa shape index (κ3) is 6.34. The number of rotatable bonds is 8. The molecular weight excluding hydrogens is 430 g/mol. The molecule has 2 amide bonds. The van der Waals surface area contributed by atoms with E-state index in [-0.39, 0.29) is 17.1 Å². The van der Waals surface area contributed by atoms with Crippen molar-refractivity contribution in [2.45, 2.75) is 0 Å². The maximum Gasteiger partial charge on any atom is 0.275 e. The molecule has 2 aromatic heterocycles. The Balaban J connectivity index is 1.47. The van der Waals surface area contributed by atoms with Crippen molar-refractivity contribution in [3.63, 3.8) is 0 Å². The normalized spacial score (nSPS) is 16.9. The van der Waals surface area contributed by atoms with Crippen LogP contribution in [0.2, 0.25) is 0 Å². The molecule has 176 valence electrons. The number of pyridine rings is 1. The fourth-order valence-electron chi connectivity index (χ4n) is 3.41. The van der Waals surface area contributed by atoms with Gasteiger partial charge in [0.15, 0.2) is 0 Å². The molecule has 33 heavy (non-hydrogen) atoms. The van der Waals surface area contributed by atoms with Gasteiger partial charge in [-0.05, 0) is 12.1 Å². The van der Waals surface area contributed by atoms with Crippen molar-refractivity contribution < 1.29 is 23.8 Å². The highest BCUT2D eigenvalue weighted by Gasteiger charge is 2.20. The van der Waals surface area contributed by atoms with Crippen molar-refractivity contribution in [1.82, 2.24) is 19.9 Å². The van der Waals surface area contributed by atoms with Crippen LogP contribution in [0.4, 0.5) is 11.8 Å². The van der Waals surface area contributed by atoms with E-state index in [2.05, 4.69) is 25.2 Å². The number of carbonyl (C=O) groups is 2. The van der Waals surface area contributed by atoms with Crippen LogP contribution in [0.5, 0.6) is 5.88 Å². The van der Waals surface area contributed by atoms with Gasteiger partial charge < -0.3 is 30.2 Å². The number of hydrogen-bond donors (Lipinski definition) is 2. The van der Waals surface area contributed by atoms with Gasteiger partial charge in [-0.3, -0.25) is 14.5 Å². The number of anilines is 2. The van der Waals surface area contributed by atoms with Crippen LogP contribution in [-0.2, 0) is 9.47 Å². The lowest BCUT2D eigenvalue weighted by atomic mass is 10.2. The number of morpholine rings is 2. The third-order valence-corrected chi connectivity index (χ3v) is 5.27. The quantitative estimate of drug-likeness (QED) is 0.545. The first-order valence-electron chi connectivity index (χ1n) is 10.8. The Kier molecular flexibility index (Phi) is 7.60. The number of carbonyl (C=O) groups excluding carboxylic acids is 2. The first-order valence-corrected chi connectivity index (χ1v) is 10.8. The smallest absolute Gasteiger partial charge is 0.275 e. The molecule has 12 heteroatoms. The van der Waals surface area contributed by atoms with Crippen LogP contribution in [0.25, 0.3) is 0 Å². The van der Waals surface area contributed by atoms with Gasteiger partial charge in [0.05, 0.1) is 32.0 Å². The molecule has 0 unspecified atom stereocenters. The lowest BCUT2D eigenvalue weighted by Gasteiger charge is -2.27. The summed E-state index contributed by atoms with van der Waals surface area (Å²) in [5.74, 6) is -0.0629. The average molecular weight is 457 g/mol. The third-order valence-electron chi connectivity index (χ3n) is 5.27. The minimum Gasteiger partial charge on any atom is -0.476 e. The highest BCUT2D eigenvalue weighted by atomic mass is 16.5. The summed E-state index contributed by atoms with van der Waals surface area (Å²) in [5.41, 5.74) is 5.63. The Morgan fingerprint density at radius 3 is 2.45 bits per heavy atom. The van der Waals surface area contributed by atoms with Crippen LogP contribution >= 0.6 is 0 Å². The van der Waals surface area contributed by atoms with E-state index in [9.17, 15) is 9.59 Å². The Hall–Kier alpha value is -3.35. The number of hydrogen-bond acceptors (Lipinski definition) is 10. The summed E-state index contributed by atoms with van der Waals surface area (Å²) < 4.78 is 16.7.